The molecule has 0 amide bonds. The predicted octanol–water partition coefficient (Wildman–Crippen LogP) is 18.3. The van der Waals surface area contributed by atoms with Crippen LogP contribution >= 0.6 is 0 Å². The van der Waals surface area contributed by atoms with Crippen LogP contribution in [0.5, 0.6) is 0 Å². The first-order chi connectivity index (χ1) is 33.0. The maximum absolute atomic E-state index is 2.49. The average molecular weight is 875 g/mol. The molecule has 0 atom stereocenters. The standard InChI is InChI=1S/C66H54N2/c1-43-35-44(2)37-52(36-43)68(64-40-47-17-13-14-22-53(47)54-23-15-16-24-59(54)64)51-30-34-58-56-32-28-46(39-61(56)66(5,6)63(58)42-51)26-25-45-27-31-55-57-33-29-50(41-62(57)65(3,4)60(55)38-45)67(48-18-9-7-10-19-48)49-20-11-8-12-21-49/h7-42H,1-6H3/b26-25+. The van der Waals surface area contributed by atoms with Gasteiger partial charge in [-0.2, -0.15) is 0 Å². The Morgan fingerprint density at radius 2 is 0.750 bits per heavy atom. The van der Waals surface area contributed by atoms with Crippen LogP contribution in [-0.4, -0.2) is 0 Å². The second-order valence-corrected chi connectivity index (χ2v) is 20.0. The minimum atomic E-state index is -0.205. The van der Waals surface area contributed by atoms with Crippen LogP contribution < -0.4 is 9.80 Å². The molecule has 0 bridgehead atoms. The van der Waals surface area contributed by atoms with Crippen molar-refractivity contribution in [3.63, 3.8) is 0 Å². The molecule has 0 spiro atoms. The number of anilines is 6. The second kappa shape index (κ2) is 15.9. The highest BCUT2D eigenvalue weighted by atomic mass is 15.1. The normalized spacial score (nSPS) is 13.9. The molecule has 0 radical (unpaired) electrons. The van der Waals surface area contributed by atoms with Crippen molar-refractivity contribution in [2.75, 3.05) is 9.80 Å². The van der Waals surface area contributed by atoms with Gasteiger partial charge in [0.1, 0.15) is 0 Å². The lowest BCUT2D eigenvalue weighted by molar-refractivity contribution is 0.660. The second-order valence-electron chi connectivity index (χ2n) is 20.0. The minimum absolute atomic E-state index is 0.166. The summed E-state index contributed by atoms with van der Waals surface area (Å²) < 4.78 is 0. The first-order valence-corrected chi connectivity index (χ1v) is 24.0. The van der Waals surface area contributed by atoms with E-state index in [0.717, 1.165) is 22.7 Å². The van der Waals surface area contributed by atoms with E-state index in [4.69, 9.17) is 0 Å². The Hall–Kier alpha value is -7.94. The van der Waals surface area contributed by atoms with Crippen molar-refractivity contribution in [1.29, 1.82) is 0 Å². The summed E-state index contributed by atoms with van der Waals surface area (Å²) in [6.45, 7) is 13.9. The Bertz CT molecular complexity index is 3590. The zero-order chi connectivity index (χ0) is 46.3. The van der Waals surface area contributed by atoms with Gasteiger partial charge in [-0.3, -0.25) is 0 Å². The number of hydrogen-bond donors (Lipinski definition) is 0. The van der Waals surface area contributed by atoms with Gasteiger partial charge in [0, 0.05) is 44.7 Å². The monoisotopic (exact) mass is 874 g/mol. The molecular formula is C66H54N2. The van der Waals surface area contributed by atoms with E-state index in [-0.39, 0.29) is 10.8 Å². The summed E-state index contributed by atoms with van der Waals surface area (Å²) in [4.78, 5) is 4.85. The van der Waals surface area contributed by atoms with Crippen LogP contribution in [-0.2, 0) is 10.8 Å². The molecule has 2 nitrogen and oxygen atoms in total. The lowest BCUT2D eigenvalue weighted by Crippen LogP contribution is -2.17. The van der Waals surface area contributed by atoms with Crippen LogP contribution in [0.4, 0.5) is 34.1 Å². The minimum Gasteiger partial charge on any atom is -0.310 e. The number of fused-ring (bicyclic) bond motifs is 9. The molecule has 12 rings (SSSR count). The number of hydrogen-bond acceptors (Lipinski definition) is 2. The molecule has 0 saturated heterocycles. The summed E-state index contributed by atoms with van der Waals surface area (Å²) in [7, 11) is 0. The van der Waals surface area contributed by atoms with E-state index in [9.17, 15) is 0 Å². The third kappa shape index (κ3) is 6.77. The topological polar surface area (TPSA) is 6.48 Å². The lowest BCUT2D eigenvalue weighted by atomic mass is 9.81. The zero-order valence-electron chi connectivity index (χ0n) is 39.7. The van der Waals surface area contributed by atoms with E-state index in [1.54, 1.807) is 0 Å². The van der Waals surface area contributed by atoms with E-state index < -0.39 is 0 Å². The molecule has 2 heteroatoms. The molecule has 2 aliphatic carbocycles. The number of para-hydroxylation sites is 2. The van der Waals surface area contributed by atoms with Gasteiger partial charge >= 0.3 is 0 Å². The summed E-state index contributed by atoms with van der Waals surface area (Å²) >= 11 is 0. The summed E-state index contributed by atoms with van der Waals surface area (Å²) in [6, 6.07) is 76.5. The largest absolute Gasteiger partial charge is 0.310 e. The molecule has 0 N–H and O–H groups in total. The van der Waals surface area contributed by atoms with Crippen molar-refractivity contribution in [2.24, 2.45) is 0 Å². The third-order valence-electron chi connectivity index (χ3n) is 14.8. The zero-order valence-corrected chi connectivity index (χ0v) is 39.7. The maximum Gasteiger partial charge on any atom is 0.0546 e. The molecule has 0 fully saturated rings. The molecule has 0 heterocycles. The molecule has 328 valence electrons. The molecule has 68 heavy (non-hydrogen) atoms. The van der Waals surface area contributed by atoms with Crippen molar-refractivity contribution in [3.05, 3.63) is 251 Å². The fourth-order valence-corrected chi connectivity index (χ4v) is 11.5. The van der Waals surface area contributed by atoms with Crippen molar-refractivity contribution < 1.29 is 0 Å². The molecular weight excluding hydrogens is 821 g/mol. The van der Waals surface area contributed by atoms with Crippen LogP contribution in [0.15, 0.2) is 206 Å². The first kappa shape index (κ1) is 41.5. The van der Waals surface area contributed by atoms with Gasteiger partial charge in [0.2, 0.25) is 0 Å². The first-order valence-electron chi connectivity index (χ1n) is 24.0. The van der Waals surface area contributed by atoms with Gasteiger partial charge in [-0.15, -0.1) is 0 Å². The number of rotatable bonds is 8. The molecule has 0 unspecified atom stereocenters. The molecule has 2 aliphatic rings. The van der Waals surface area contributed by atoms with Gasteiger partial charge in [-0.1, -0.05) is 179 Å². The van der Waals surface area contributed by atoms with E-state index >= 15 is 0 Å². The Balaban J connectivity index is 0.871. The SMILES string of the molecule is Cc1cc(C)cc(N(c2ccc3c(c2)C(C)(C)c2cc(/C=C/c4ccc5c(c4)C(C)(C)c4cc(N(c6ccccc6)c6ccccc6)ccc4-5)ccc2-3)c2cc3ccccc3c3ccccc23)c1. The average Bonchev–Trinajstić information content (AvgIpc) is 3.72. The van der Waals surface area contributed by atoms with Gasteiger partial charge in [-0.05, 0) is 163 Å². The van der Waals surface area contributed by atoms with Gasteiger partial charge in [0.25, 0.3) is 0 Å². The highest BCUT2D eigenvalue weighted by Crippen LogP contribution is 2.53. The Kier molecular flexibility index (Phi) is 9.67. The molecule has 10 aromatic carbocycles. The number of aryl methyl sites for hydroxylation is 2. The summed E-state index contributed by atoms with van der Waals surface area (Å²) in [5.41, 5.74) is 22.2. The van der Waals surface area contributed by atoms with Crippen LogP contribution in [0.2, 0.25) is 0 Å². The molecule has 0 aromatic heterocycles. The fraction of sp³-hybridized carbons (Fsp3) is 0.121. The van der Waals surface area contributed by atoms with E-state index in [1.807, 2.05) is 0 Å². The number of benzene rings is 10. The smallest absolute Gasteiger partial charge is 0.0546 e. The molecule has 0 saturated carbocycles. The fourth-order valence-electron chi connectivity index (χ4n) is 11.5. The third-order valence-corrected chi connectivity index (χ3v) is 14.8. The van der Waals surface area contributed by atoms with Crippen LogP contribution in [0.3, 0.4) is 0 Å². The maximum atomic E-state index is 2.49. The number of nitrogens with zero attached hydrogens (tertiary/aromatic N) is 2. The van der Waals surface area contributed by atoms with Gasteiger partial charge < -0.3 is 9.80 Å². The molecule has 0 aliphatic heterocycles. The summed E-state index contributed by atoms with van der Waals surface area (Å²) in [6.07, 6.45) is 4.59. The van der Waals surface area contributed by atoms with Gasteiger partial charge in [0.15, 0.2) is 0 Å². The highest BCUT2D eigenvalue weighted by molar-refractivity contribution is 6.14. The summed E-state index contributed by atoms with van der Waals surface area (Å²) in [5.74, 6) is 0. The van der Waals surface area contributed by atoms with Crippen LogP contribution in [0, 0.1) is 13.8 Å². The van der Waals surface area contributed by atoms with Crippen molar-refractivity contribution >= 4 is 67.8 Å². The lowest BCUT2D eigenvalue weighted by Gasteiger charge is -2.30. The van der Waals surface area contributed by atoms with Crippen molar-refractivity contribution in [2.45, 2.75) is 52.4 Å². The van der Waals surface area contributed by atoms with Gasteiger partial charge in [-0.25, -0.2) is 0 Å². The Morgan fingerprint density at radius 1 is 0.324 bits per heavy atom. The predicted molar refractivity (Wildman–Crippen MR) is 291 cm³/mol. The highest BCUT2D eigenvalue weighted by Gasteiger charge is 2.38. The van der Waals surface area contributed by atoms with Crippen molar-refractivity contribution in [1.82, 2.24) is 0 Å². The molecule has 10 aromatic rings. The van der Waals surface area contributed by atoms with Gasteiger partial charge in [0.05, 0.1) is 5.69 Å². The quantitative estimate of drug-likeness (QED) is 0.111. The van der Waals surface area contributed by atoms with Crippen LogP contribution in [0.25, 0.3) is 56.0 Å². The van der Waals surface area contributed by atoms with Crippen molar-refractivity contribution in [3.8, 4) is 22.3 Å². The Labute approximate surface area is 401 Å². The van der Waals surface area contributed by atoms with E-state index in [2.05, 4.69) is 270 Å². The van der Waals surface area contributed by atoms with Crippen LogP contribution in [0.1, 0.15) is 72.2 Å². The van der Waals surface area contributed by atoms with E-state index in [1.165, 1.54) is 99.7 Å². The Morgan fingerprint density at radius 3 is 1.28 bits per heavy atom. The van der Waals surface area contributed by atoms with E-state index in [0.29, 0.717) is 0 Å². The summed E-state index contributed by atoms with van der Waals surface area (Å²) in [5, 5.41) is 5.02.